The third kappa shape index (κ3) is 8.96. The van der Waals surface area contributed by atoms with Gasteiger partial charge in [0.2, 0.25) is 0 Å². The van der Waals surface area contributed by atoms with Gasteiger partial charge in [-0.1, -0.05) is 0 Å². The molecule has 1 unspecified atom stereocenters. The van der Waals surface area contributed by atoms with E-state index in [1.165, 1.54) is 6.42 Å². The van der Waals surface area contributed by atoms with Crippen LogP contribution in [0.3, 0.4) is 0 Å². The maximum absolute atomic E-state index is 2.22. The molecule has 0 aliphatic heterocycles. The van der Waals surface area contributed by atoms with Crippen LogP contribution in [0.25, 0.3) is 0 Å². The topological polar surface area (TPSA) is 0 Å². The Labute approximate surface area is 61.5 Å². The molecule has 0 heterocycles. The van der Waals surface area contributed by atoms with Gasteiger partial charge in [-0.2, -0.15) is 0 Å². The Balaban J connectivity index is 0. The molecule has 0 bridgehead atoms. The molecular weight excluding hydrogens is 61.9 g/mol. The number of rotatable bonds is 1. The summed E-state index contributed by atoms with van der Waals surface area (Å²) >= 11 is 2.22. The standard InChI is InChI=1S/C4H9.2Li.H/c1-3-4-2;;;/h3H,4H2,1-2H3;;;. The van der Waals surface area contributed by atoms with Crippen LogP contribution in [0, 0.1) is 0 Å². The SMILES string of the molecule is [LiH].[Li][CH](C)CC. The van der Waals surface area contributed by atoms with Crippen molar-refractivity contribution in [2.45, 2.75) is 24.9 Å². The average Bonchev–Trinajstić information content (AvgIpc) is 1.38. The van der Waals surface area contributed by atoms with Crippen LogP contribution in [-0.2, 0) is 0 Å². The molecule has 2 heteroatoms. The fourth-order valence-corrected chi connectivity index (χ4v) is 0. The molecule has 0 spiro atoms. The van der Waals surface area contributed by atoms with Gasteiger partial charge in [0.15, 0.2) is 0 Å². The van der Waals surface area contributed by atoms with E-state index in [2.05, 4.69) is 31.6 Å². The first-order valence-electron chi connectivity index (χ1n) is 2.27. The summed E-state index contributed by atoms with van der Waals surface area (Å²) in [7, 11) is 0. The van der Waals surface area contributed by atoms with Gasteiger partial charge in [0.25, 0.3) is 0 Å². The molecule has 0 saturated carbocycles. The molecule has 0 N–H and O–H groups in total. The van der Waals surface area contributed by atoms with Gasteiger partial charge in [-0.3, -0.25) is 0 Å². The van der Waals surface area contributed by atoms with E-state index in [4.69, 9.17) is 0 Å². The Morgan fingerprint density at radius 2 is 1.83 bits per heavy atom. The molecule has 6 heavy (non-hydrogen) atoms. The molecular formula is C4H10Li2. The van der Waals surface area contributed by atoms with Crippen molar-refractivity contribution in [1.29, 1.82) is 0 Å². The van der Waals surface area contributed by atoms with Gasteiger partial charge in [-0.15, -0.1) is 0 Å². The first kappa shape index (κ1) is 10.2. The molecule has 0 aliphatic rings. The summed E-state index contributed by atoms with van der Waals surface area (Å²) in [5, 5.41) is 0. The van der Waals surface area contributed by atoms with E-state index in [1.807, 2.05) is 0 Å². The summed E-state index contributed by atoms with van der Waals surface area (Å²) in [6.07, 6.45) is 1.31. The second kappa shape index (κ2) is 6.19. The third-order valence-electron chi connectivity index (χ3n) is 0.816. The van der Waals surface area contributed by atoms with Crippen molar-refractivity contribution < 1.29 is 0 Å². The summed E-state index contributed by atoms with van der Waals surface area (Å²) in [4.78, 5) is 0. The van der Waals surface area contributed by atoms with Gasteiger partial charge in [-0.05, 0) is 0 Å². The van der Waals surface area contributed by atoms with Gasteiger partial charge >= 0.3 is 61.4 Å². The molecule has 1 atom stereocenters. The Morgan fingerprint density at radius 3 is 1.83 bits per heavy atom. The van der Waals surface area contributed by atoms with E-state index in [0.717, 1.165) is 4.59 Å². The molecule has 0 amide bonds. The predicted molar refractivity (Wildman–Crippen MR) is 32.6 cm³/mol. The summed E-state index contributed by atoms with van der Waals surface area (Å²) in [6.45, 7) is 4.42. The molecule has 0 aromatic heterocycles. The van der Waals surface area contributed by atoms with Crippen LogP contribution in [0.15, 0.2) is 0 Å². The predicted octanol–water partition coefficient (Wildman–Crippen LogP) is 0.725. The molecule has 0 nitrogen and oxygen atoms in total. The van der Waals surface area contributed by atoms with E-state index >= 15 is 0 Å². The molecule has 28 valence electrons. The van der Waals surface area contributed by atoms with E-state index in [1.54, 1.807) is 0 Å². The van der Waals surface area contributed by atoms with E-state index in [9.17, 15) is 0 Å². The fraction of sp³-hybridized carbons (Fsp3) is 1.00. The normalized spacial score (nSPS) is 12.7. The van der Waals surface area contributed by atoms with Gasteiger partial charge in [0.1, 0.15) is 0 Å². The first-order chi connectivity index (χ1) is 2.27. The van der Waals surface area contributed by atoms with Crippen LogP contribution in [0.2, 0.25) is 4.59 Å². The molecule has 0 saturated heterocycles. The minimum absolute atomic E-state index is 0. The fourth-order valence-electron chi connectivity index (χ4n) is 0. The Kier molecular flexibility index (Phi) is 10.6. The van der Waals surface area contributed by atoms with Gasteiger partial charge in [0, 0.05) is 0 Å². The summed E-state index contributed by atoms with van der Waals surface area (Å²) in [5.41, 5.74) is 0. The van der Waals surface area contributed by atoms with Crippen molar-refractivity contribution in [3.63, 3.8) is 0 Å². The summed E-state index contributed by atoms with van der Waals surface area (Å²) in [5.74, 6) is 0. The van der Waals surface area contributed by atoms with Crippen molar-refractivity contribution in [2.75, 3.05) is 0 Å². The summed E-state index contributed by atoms with van der Waals surface area (Å²) < 4.78 is 0.884. The summed E-state index contributed by atoms with van der Waals surface area (Å²) in [6, 6.07) is 0. The zero-order chi connectivity index (χ0) is 4.28. The molecule has 0 rings (SSSR count). The third-order valence-corrected chi connectivity index (χ3v) is 0.816. The zero-order valence-corrected chi connectivity index (χ0v) is 4.28. The maximum atomic E-state index is 2.22. The van der Waals surface area contributed by atoms with Crippen LogP contribution in [0.4, 0.5) is 0 Å². The Morgan fingerprint density at radius 1 is 1.67 bits per heavy atom. The molecule has 0 aliphatic carbocycles. The molecule has 0 fully saturated rings. The number of hydrogen-bond acceptors (Lipinski definition) is 0. The van der Waals surface area contributed by atoms with Crippen LogP contribution >= 0.6 is 0 Å². The van der Waals surface area contributed by atoms with E-state index < -0.39 is 0 Å². The molecule has 0 radical (unpaired) electrons. The monoisotopic (exact) mass is 72.1 g/mol. The minimum atomic E-state index is 0. The van der Waals surface area contributed by atoms with Gasteiger partial charge in [-0.25, -0.2) is 0 Å². The van der Waals surface area contributed by atoms with Crippen LogP contribution in [-0.4, -0.2) is 36.6 Å². The van der Waals surface area contributed by atoms with Gasteiger partial charge < -0.3 is 0 Å². The average molecular weight is 72.0 g/mol. The van der Waals surface area contributed by atoms with E-state index in [0.29, 0.717) is 0 Å². The van der Waals surface area contributed by atoms with E-state index in [-0.39, 0.29) is 18.9 Å². The van der Waals surface area contributed by atoms with Crippen molar-refractivity contribution in [2.24, 2.45) is 0 Å². The van der Waals surface area contributed by atoms with Gasteiger partial charge in [0.05, 0.1) is 0 Å². The first-order valence-corrected chi connectivity index (χ1v) is 2.27. The Hall–Kier alpha value is 1.19. The van der Waals surface area contributed by atoms with Crippen LogP contribution < -0.4 is 0 Å². The Bertz CT molecular complexity index is 19.5. The zero-order valence-electron chi connectivity index (χ0n) is 4.28. The van der Waals surface area contributed by atoms with Crippen molar-refractivity contribution in [3.8, 4) is 0 Å². The number of hydrogen-bond donors (Lipinski definition) is 0. The second-order valence-corrected chi connectivity index (χ2v) is 1.80. The van der Waals surface area contributed by atoms with Crippen molar-refractivity contribution in [1.82, 2.24) is 0 Å². The van der Waals surface area contributed by atoms with Crippen LogP contribution in [0.1, 0.15) is 20.3 Å². The molecule has 0 aromatic rings. The quantitative estimate of drug-likeness (QED) is 0.400. The second-order valence-electron chi connectivity index (χ2n) is 1.80. The van der Waals surface area contributed by atoms with Crippen molar-refractivity contribution in [3.05, 3.63) is 0 Å². The van der Waals surface area contributed by atoms with Crippen molar-refractivity contribution >= 4 is 36.6 Å². The molecule has 0 aromatic carbocycles. The van der Waals surface area contributed by atoms with Crippen LogP contribution in [0.5, 0.6) is 0 Å².